The molecule has 1 amide bonds. The van der Waals surface area contributed by atoms with Crippen molar-refractivity contribution in [2.75, 3.05) is 5.32 Å². The number of anilines is 1. The number of halogens is 5. The van der Waals surface area contributed by atoms with Gasteiger partial charge in [-0.25, -0.2) is 0 Å². The van der Waals surface area contributed by atoms with Crippen LogP contribution in [0.25, 0.3) is 0 Å². The molecule has 8 heteroatoms. The number of aliphatic hydroxyl groups is 1. The van der Waals surface area contributed by atoms with Crippen molar-refractivity contribution in [3.8, 4) is 0 Å². The second-order valence-corrected chi connectivity index (χ2v) is 3.74. The van der Waals surface area contributed by atoms with Crippen LogP contribution in [0, 0.1) is 0 Å². The highest BCUT2D eigenvalue weighted by molar-refractivity contribution is 6.04. The third-order valence-corrected chi connectivity index (χ3v) is 2.55. The van der Waals surface area contributed by atoms with Crippen LogP contribution < -0.4 is 5.32 Å². The minimum Gasteiger partial charge on any atom is -0.379 e. The Bertz CT molecular complexity index is 511. The van der Waals surface area contributed by atoms with Crippen LogP contribution in [-0.2, 0) is 10.7 Å². The monoisotopic (exact) mass is 267 g/mol. The minimum atomic E-state index is -5.09. The summed E-state index contributed by atoms with van der Waals surface area (Å²) in [6, 6.07) is 2.80. The van der Waals surface area contributed by atoms with Crippen LogP contribution in [0.15, 0.2) is 18.2 Å². The van der Waals surface area contributed by atoms with E-state index < -0.39 is 40.9 Å². The Labute approximate surface area is 97.2 Å². The quantitative estimate of drug-likeness (QED) is 0.767. The molecule has 18 heavy (non-hydrogen) atoms. The first-order chi connectivity index (χ1) is 8.15. The van der Waals surface area contributed by atoms with Gasteiger partial charge in [0, 0.05) is 5.56 Å². The lowest BCUT2D eigenvalue weighted by atomic mass is 9.97. The number of aliphatic hydroxyl groups excluding tert-OH is 1. The molecule has 2 N–H and O–H groups in total. The molecule has 0 spiro atoms. The Morgan fingerprint density at radius 3 is 2.44 bits per heavy atom. The smallest absolute Gasteiger partial charge is 0.379 e. The Morgan fingerprint density at radius 2 is 1.89 bits per heavy atom. The number of hydrogen-bond donors (Lipinski definition) is 2. The molecule has 0 radical (unpaired) electrons. The van der Waals surface area contributed by atoms with E-state index in [9.17, 15) is 26.7 Å². The Hall–Kier alpha value is -1.70. The Morgan fingerprint density at radius 1 is 1.28 bits per heavy atom. The summed E-state index contributed by atoms with van der Waals surface area (Å²) in [5.41, 5.74) is -2.58. The lowest BCUT2D eigenvalue weighted by molar-refractivity contribution is -0.207. The first kappa shape index (κ1) is 12.7. The van der Waals surface area contributed by atoms with E-state index in [0.717, 1.165) is 12.1 Å². The summed E-state index contributed by atoms with van der Waals surface area (Å²) < 4.78 is 64.0. The summed E-state index contributed by atoms with van der Waals surface area (Å²) in [6.45, 7) is 0. The van der Waals surface area contributed by atoms with Gasteiger partial charge in [0.1, 0.15) is 0 Å². The van der Waals surface area contributed by atoms with E-state index in [-0.39, 0.29) is 0 Å². The van der Waals surface area contributed by atoms with Crippen molar-refractivity contribution in [3.63, 3.8) is 0 Å². The molecule has 1 heterocycles. The third kappa shape index (κ3) is 1.72. The van der Waals surface area contributed by atoms with Gasteiger partial charge in [0.05, 0.1) is 11.3 Å². The summed E-state index contributed by atoms with van der Waals surface area (Å²) in [5.74, 6) is -5.79. The van der Waals surface area contributed by atoms with Gasteiger partial charge in [-0.05, 0) is 6.07 Å². The zero-order chi connectivity index (χ0) is 13.7. The van der Waals surface area contributed by atoms with Crippen LogP contribution in [-0.4, -0.2) is 17.2 Å². The van der Waals surface area contributed by atoms with E-state index in [0.29, 0.717) is 6.07 Å². The molecular formula is C10H6F5NO2. The highest BCUT2D eigenvalue weighted by atomic mass is 19.4. The maximum absolute atomic E-state index is 13.4. The topological polar surface area (TPSA) is 49.3 Å². The molecule has 1 aliphatic heterocycles. The van der Waals surface area contributed by atoms with Crippen molar-refractivity contribution in [1.82, 2.24) is 0 Å². The van der Waals surface area contributed by atoms with E-state index in [2.05, 4.69) is 0 Å². The zero-order valence-corrected chi connectivity index (χ0v) is 8.55. The molecule has 0 fully saturated rings. The number of alkyl halides is 5. The molecule has 0 bridgehead atoms. The zero-order valence-electron chi connectivity index (χ0n) is 8.55. The normalized spacial score (nSPS) is 19.3. The van der Waals surface area contributed by atoms with Gasteiger partial charge in [-0.1, -0.05) is 12.1 Å². The summed E-state index contributed by atoms with van der Waals surface area (Å²) in [6.07, 6.45) is -8.15. The number of amides is 1. The molecule has 98 valence electrons. The fourth-order valence-corrected chi connectivity index (χ4v) is 1.74. The predicted molar refractivity (Wildman–Crippen MR) is 50.0 cm³/mol. The van der Waals surface area contributed by atoms with Crippen molar-refractivity contribution < 1.29 is 31.9 Å². The Balaban J connectivity index is 2.61. The fraction of sp³-hybridized carbons (Fsp3) is 0.300. The summed E-state index contributed by atoms with van der Waals surface area (Å²) >= 11 is 0. The van der Waals surface area contributed by atoms with Crippen LogP contribution in [0.3, 0.4) is 0 Å². The van der Waals surface area contributed by atoms with E-state index in [1.807, 2.05) is 0 Å². The van der Waals surface area contributed by atoms with Crippen LogP contribution in [0.5, 0.6) is 0 Å². The number of carbonyl (C=O) groups excluding carboxylic acids is 1. The second-order valence-electron chi connectivity index (χ2n) is 3.74. The molecular weight excluding hydrogens is 261 g/mol. The molecule has 3 nitrogen and oxygen atoms in total. The average molecular weight is 267 g/mol. The molecule has 2 rings (SSSR count). The Kier molecular flexibility index (Phi) is 2.58. The van der Waals surface area contributed by atoms with Crippen molar-refractivity contribution in [3.05, 3.63) is 29.3 Å². The van der Waals surface area contributed by atoms with Crippen molar-refractivity contribution >= 4 is 11.6 Å². The van der Waals surface area contributed by atoms with E-state index in [1.54, 1.807) is 5.32 Å². The number of benzene rings is 1. The molecule has 0 unspecified atom stereocenters. The molecule has 1 atom stereocenters. The molecule has 0 saturated heterocycles. The number of hydrogen-bond acceptors (Lipinski definition) is 2. The van der Waals surface area contributed by atoms with Crippen molar-refractivity contribution in [1.29, 1.82) is 0 Å². The van der Waals surface area contributed by atoms with Gasteiger partial charge < -0.3 is 10.4 Å². The van der Waals surface area contributed by atoms with Gasteiger partial charge in [-0.3, -0.25) is 4.79 Å². The second kappa shape index (κ2) is 3.64. The van der Waals surface area contributed by atoms with Gasteiger partial charge >= 0.3 is 12.1 Å². The first-order valence-electron chi connectivity index (χ1n) is 4.73. The standard InChI is InChI=1S/C10H6F5NO2/c11-9(12)6-4(7(17)10(13,14)15)2-1-3-5(6)16-8(9)18/h1-3,7,17H,(H,16,18)/t7-/m0/s1. The predicted octanol–water partition coefficient (Wildman–Crippen LogP) is 2.33. The third-order valence-electron chi connectivity index (χ3n) is 2.55. The van der Waals surface area contributed by atoms with E-state index in [1.165, 1.54) is 0 Å². The number of nitrogens with one attached hydrogen (secondary N) is 1. The molecule has 1 aliphatic rings. The maximum atomic E-state index is 13.4. The number of rotatable bonds is 1. The van der Waals surface area contributed by atoms with E-state index >= 15 is 0 Å². The van der Waals surface area contributed by atoms with Gasteiger partial charge in [0.2, 0.25) is 0 Å². The van der Waals surface area contributed by atoms with Gasteiger partial charge in [-0.15, -0.1) is 0 Å². The highest BCUT2D eigenvalue weighted by Gasteiger charge is 2.53. The SMILES string of the molecule is O=C1Nc2cccc([C@H](O)C(F)(F)F)c2C1(F)F. The van der Waals surface area contributed by atoms with Crippen LogP contribution in [0.1, 0.15) is 17.2 Å². The van der Waals surface area contributed by atoms with Crippen molar-refractivity contribution in [2.45, 2.75) is 18.2 Å². The highest BCUT2D eigenvalue weighted by Crippen LogP contribution is 2.46. The fourth-order valence-electron chi connectivity index (χ4n) is 1.74. The molecule has 0 saturated carbocycles. The van der Waals surface area contributed by atoms with Gasteiger partial charge in [0.25, 0.3) is 5.91 Å². The van der Waals surface area contributed by atoms with Crippen LogP contribution in [0.2, 0.25) is 0 Å². The maximum Gasteiger partial charge on any atom is 0.418 e. The van der Waals surface area contributed by atoms with Crippen LogP contribution >= 0.6 is 0 Å². The van der Waals surface area contributed by atoms with Crippen molar-refractivity contribution in [2.24, 2.45) is 0 Å². The molecule has 0 aliphatic carbocycles. The lowest BCUT2D eigenvalue weighted by Crippen LogP contribution is -2.27. The lowest BCUT2D eigenvalue weighted by Gasteiger charge is -2.19. The summed E-state index contributed by atoms with van der Waals surface area (Å²) in [5, 5.41) is 10.8. The summed E-state index contributed by atoms with van der Waals surface area (Å²) in [4.78, 5) is 11.0. The summed E-state index contributed by atoms with van der Waals surface area (Å²) in [7, 11) is 0. The van der Waals surface area contributed by atoms with Crippen LogP contribution in [0.4, 0.5) is 27.6 Å². The molecule has 1 aromatic rings. The van der Waals surface area contributed by atoms with E-state index in [4.69, 9.17) is 5.11 Å². The average Bonchev–Trinajstić information content (AvgIpc) is 2.48. The number of fused-ring (bicyclic) bond motifs is 1. The first-order valence-corrected chi connectivity index (χ1v) is 4.73. The molecule has 1 aromatic carbocycles. The molecule has 0 aromatic heterocycles. The minimum absolute atomic E-state index is 0.425. The van der Waals surface area contributed by atoms with Gasteiger partial charge in [0.15, 0.2) is 6.10 Å². The van der Waals surface area contributed by atoms with Gasteiger partial charge in [-0.2, -0.15) is 22.0 Å². The largest absolute Gasteiger partial charge is 0.418 e. The number of carbonyl (C=O) groups is 1.